The first kappa shape index (κ1) is 12.0. The zero-order valence-electron chi connectivity index (χ0n) is 8.01. The van der Waals surface area contributed by atoms with Crippen molar-refractivity contribution >= 4 is 0 Å². The molecule has 1 rings (SSSR count). The molecule has 0 bridgehead atoms. The molecule has 15 heavy (non-hydrogen) atoms. The van der Waals surface area contributed by atoms with Crippen molar-refractivity contribution in [3.8, 4) is 0 Å². The second kappa shape index (κ2) is 5.14. The minimum Gasteiger partial charge on any atom is -0.396 e. The predicted molar refractivity (Wildman–Crippen MR) is 49.7 cm³/mol. The molecule has 5 heteroatoms. The summed E-state index contributed by atoms with van der Waals surface area (Å²) in [5, 5.41) is 8.57. The molecule has 0 radical (unpaired) electrons. The maximum Gasteiger partial charge on any atom is 0.161 e. The molecule has 1 atom stereocenters. The van der Waals surface area contributed by atoms with Crippen LogP contribution in [0.2, 0.25) is 0 Å². The Kier molecular flexibility index (Phi) is 4.11. The number of rotatable bonds is 4. The molecule has 0 spiro atoms. The normalized spacial score (nSPS) is 12.9. The first-order chi connectivity index (χ1) is 7.04. The van der Waals surface area contributed by atoms with Crippen molar-refractivity contribution in [2.45, 2.75) is 18.9 Å². The van der Waals surface area contributed by atoms with Crippen molar-refractivity contribution in [2.75, 3.05) is 6.61 Å². The van der Waals surface area contributed by atoms with E-state index in [9.17, 15) is 13.2 Å². The molecule has 1 aromatic rings. The van der Waals surface area contributed by atoms with Gasteiger partial charge in [0.2, 0.25) is 0 Å². The van der Waals surface area contributed by atoms with E-state index in [-0.39, 0.29) is 18.6 Å². The fourth-order valence-corrected chi connectivity index (χ4v) is 1.27. The fraction of sp³-hybridized carbons (Fsp3) is 0.400. The second-order valence-corrected chi connectivity index (χ2v) is 3.33. The highest BCUT2D eigenvalue weighted by Crippen LogP contribution is 2.15. The number of halogens is 3. The molecular formula is C10H12F3NO. The summed E-state index contributed by atoms with van der Waals surface area (Å²) in [4.78, 5) is 0. The molecule has 0 aromatic heterocycles. The van der Waals surface area contributed by atoms with E-state index in [1.807, 2.05) is 0 Å². The summed E-state index contributed by atoms with van der Waals surface area (Å²) in [5.41, 5.74) is 5.55. The van der Waals surface area contributed by atoms with Gasteiger partial charge in [0.1, 0.15) is 5.82 Å². The van der Waals surface area contributed by atoms with Crippen LogP contribution in [0.5, 0.6) is 0 Å². The topological polar surface area (TPSA) is 46.2 Å². The third-order valence-corrected chi connectivity index (χ3v) is 2.07. The molecule has 84 valence electrons. The first-order valence-corrected chi connectivity index (χ1v) is 4.54. The Morgan fingerprint density at radius 3 is 2.33 bits per heavy atom. The van der Waals surface area contributed by atoms with Crippen LogP contribution in [0.3, 0.4) is 0 Å². The zero-order valence-corrected chi connectivity index (χ0v) is 8.01. The largest absolute Gasteiger partial charge is 0.396 e. The zero-order chi connectivity index (χ0) is 11.4. The van der Waals surface area contributed by atoms with Crippen LogP contribution in [-0.2, 0) is 6.42 Å². The van der Waals surface area contributed by atoms with E-state index in [4.69, 9.17) is 10.8 Å². The minimum atomic E-state index is -1.22. The maximum absolute atomic E-state index is 13.1. The summed E-state index contributed by atoms with van der Waals surface area (Å²) in [6, 6.07) is 0.826. The highest BCUT2D eigenvalue weighted by molar-refractivity contribution is 5.21. The summed E-state index contributed by atoms with van der Waals surface area (Å²) >= 11 is 0. The average molecular weight is 219 g/mol. The SMILES string of the molecule is NC(CCO)Cc1cc(F)c(F)cc1F. The molecule has 0 amide bonds. The van der Waals surface area contributed by atoms with Crippen LogP contribution in [0, 0.1) is 17.5 Å². The van der Waals surface area contributed by atoms with Gasteiger partial charge in [0.15, 0.2) is 11.6 Å². The van der Waals surface area contributed by atoms with Gasteiger partial charge in [-0.1, -0.05) is 0 Å². The van der Waals surface area contributed by atoms with Gasteiger partial charge < -0.3 is 10.8 Å². The Morgan fingerprint density at radius 1 is 1.13 bits per heavy atom. The van der Waals surface area contributed by atoms with Crippen LogP contribution < -0.4 is 5.73 Å². The number of hydrogen-bond donors (Lipinski definition) is 2. The Balaban J connectivity index is 2.81. The third-order valence-electron chi connectivity index (χ3n) is 2.07. The first-order valence-electron chi connectivity index (χ1n) is 4.54. The maximum atomic E-state index is 13.1. The molecule has 0 saturated heterocycles. The summed E-state index contributed by atoms with van der Waals surface area (Å²) in [5.74, 6) is -3.13. The summed E-state index contributed by atoms with van der Waals surface area (Å²) < 4.78 is 38.4. The lowest BCUT2D eigenvalue weighted by atomic mass is 10.0. The van der Waals surface area contributed by atoms with Crippen molar-refractivity contribution < 1.29 is 18.3 Å². The van der Waals surface area contributed by atoms with E-state index in [0.29, 0.717) is 12.5 Å². The van der Waals surface area contributed by atoms with Crippen molar-refractivity contribution in [2.24, 2.45) is 5.73 Å². The van der Waals surface area contributed by atoms with Gasteiger partial charge in [-0.3, -0.25) is 0 Å². The molecule has 0 fully saturated rings. The minimum absolute atomic E-state index is 0.0230. The molecule has 0 saturated carbocycles. The lowest BCUT2D eigenvalue weighted by Gasteiger charge is -2.10. The molecule has 2 nitrogen and oxygen atoms in total. The molecule has 3 N–H and O–H groups in total. The van der Waals surface area contributed by atoms with E-state index in [2.05, 4.69) is 0 Å². The van der Waals surface area contributed by atoms with Crippen molar-refractivity contribution in [1.29, 1.82) is 0 Å². The monoisotopic (exact) mass is 219 g/mol. The van der Waals surface area contributed by atoms with E-state index in [1.54, 1.807) is 0 Å². The molecule has 0 aliphatic carbocycles. The van der Waals surface area contributed by atoms with Crippen LogP contribution in [0.4, 0.5) is 13.2 Å². The van der Waals surface area contributed by atoms with Gasteiger partial charge in [0.25, 0.3) is 0 Å². The van der Waals surface area contributed by atoms with Crippen LogP contribution in [0.1, 0.15) is 12.0 Å². The Labute approximate surface area is 85.5 Å². The number of aliphatic hydroxyl groups is 1. The van der Waals surface area contributed by atoms with Gasteiger partial charge >= 0.3 is 0 Å². The lowest BCUT2D eigenvalue weighted by Crippen LogP contribution is -2.24. The standard InChI is InChI=1S/C10H12F3NO/c11-8-5-10(13)9(12)4-6(8)3-7(14)1-2-15/h4-5,7,15H,1-3,14H2. The summed E-state index contributed by atoms with van der Waals surface area (Å²) in [6.45, 7) is -0.119. The molecule has 0 aliphatic heterocycles. The van der Waals surface area contributed by atoms with E-state index < -0.39 is 23.5 Å². The van der Waals surface area contributed by atoms with Crippen LogP contribution in [0.25, 0.3) is 0 Å². The van der Waals surface area contributed by atoms with Crippen molar-refractivity contribution in [3.63, 3.8) is 0 Å². The highest BCUT2D eigenvalue weighted by Gasteiger charge is 2.12. The molecule has 1 aromatic carbocycles. The van der Waals surface area contributed by atoms with Gasteiger partial charge in [-0.05, 0) is 24.5 Å². The number of hydrogen-bond acceptors (Lipinski definition) is 2. The van der Waals surface area contributed by atoms with Gasteiger partial charge in [0.05, 0.1) is 0 Å². The Morgan fingerprint density at radius 2 is 1.73 bits per heavy atom. The molecular weight excluding hydrogens is 207 g/mol. The smallest absolute Gasteiger partial charge is 0.161 e. The third kappa shape index (κ3) is 3.21. The van der Waals surface area contributed by atoms with Gasteiger partial charge in [0, 0.05) is 18.7 Å². The van der Waals surface area contributed by atoms with E-state index in [1.165, 1.54) is 0 Å². The van der Waals surface area contributed by atoms with Gasteiger partial charge in [-0.2, -0.15) is 0 Å². The highest BCUT2D eigenvalue weighted by atomic mass is 19.2. The van der Waals surface area contributed by atoms with Crippen LogP contribution in [-0.4, -0.2) is 17.8 Å². The average Bonchev–Trinajstić information content (AvgIpc) is 2.14. The van der Waals surface area contributed by atoms with Gasteiger partial charge in [-0.25, -0.2) is 13.2 Å². The van der Waals surface area contributed by atoms with E-state index >= 15 is 0 Å². The van der Waals surface area contributed by atoms with Crippen molar-refractivity contribution in [1.82, 2.24) is 0 Å². The molecule has 0 aliphatic rings. The molecule has 0 heterocycles. The summed E-state index contributed by atoms with van der Waals surface area (Å²) in [6.07, 6.45) is 0.363. The number of nitrogens with two attached hydrogens (primary N) is 1. The van der Waals surface area contributed by atoms with Crippen LogP contribution in [0.15, 0.2) is 12.1 Å². The quantitative estimate of drug-likeness (QED) is 0.751. The summed E-state index contributed by atoms with van der Waals surface area (Å²) in [7, 11) is 0. The van der Waals surface area contributed by atoms with Crippen molar-refractivity contribution in [3.05, 3.63) is 35.1 Å². The molecule has 1 unspecified atom stereocenters. The Bertz CT molecular complexity index is 344. The Hall–Kier alpha value is -1.07. The number of aliphatic hydroxyl groups excluding tert-OH is 1. The second-order valence-electron chi connectivity index (χ2n) is 3.33. The fourth-order valence-electron chi connectivity index (χ4n) is 1.27. The number of benzene rings is 1. The predicted octanol–water partition coefficient (Wildman–Crippen LogP) is 1.36. The van der Waals surface area contributed by atoms with E-state index in [0.717, 1.165) is 6.07 Å². The van der Waals surface area contributed by atoms with Gasteiger partial charge in [-0.15, -0.1) is 0 Å². The van der Waals surface area contributed by atoms with Crippen LogP contribution >= 0.6 is 0 Å². The lowest BCUT2D eigenvalue weighted by molar-refractivity contribution is 0.275.